The van der Waals surface area contributed by atoms with E-state index >= 15 is 0 Å². The second-order valence-corrected chi connectivity index (χ2v) is 5.26. The number of carbonyl (C=O) groups excluding carboxylic acids is 1. The molecule has 1 heterocycles. The molecule has 108 valence electrons. The van der Waals surface area contributed by atoms with Crippen molar-refractivity contribution in [2.24, 2.45) is 5.92 Å². The lowest BCUT2D eigenvalue weighted by Gasteiger charge is -2.23. The molecule has 0 spiro atoms. The third-order valence-corrected chi connectivity index (χ3v) is 3.76. The molecule has 1 aliphatic heterocycles. The van der Waals surface area contributed by atoms with Gasteiger partial charge in [0.25, 0.3) is 5.69 Å². The zero-order chi connectivity index (χ0) is 14.7. The molecule has 2 rings (SSSR count). The van der Waals surface area contributed by atoms with Crippen LogP contribution in [0.2, 0.25) is 0 Å². The molecular weight excluding hydrogens is 258 g/mol. The Morgan fingerprint density at radius 3 is 2.90 bits per heavy atom. The third kappa shape index (κ3) is 3.14. The van der Waals surface area contributed by atoms with Gasteiger partial charge in [0, 0.05) is 31.8 Å². The van der Waals surface area contributed by atoms with Gasteiger partial charge in [0.15, 0.2) is 0 Å². The molecule has 2 atom stereocenters. The highest BCUT2D eigenvalue weighted by atomic mass is 16.6. The Labute approximate surface area is 117 Å². The van der Waals surface area contributed by atoms with Crippen LogP contribution in [-0.4, -0.2) is 35.4 Å². The van der Waals surface area contributed by atoms with Crippen molar-refractivity contribution in [2.45, 2.75) is 25.9 Å². The van der Waals surface area contributed by atoms with E-state index in [1.165, 1.54) is 12.1 Å². The van der Waals surface area contributed by atoms with Gasteiger partial charge < -0.3 is 10.2 Å². The van der Waals surface area contributed by atoms with Crippen LogP contribution in [0, 0.1) is 16.0 Å². The molecule has 0 bridgehead atoms. The van der Waals surface area contributed by atoms with Gasteiger partial charge in [-0.3, -0.25) is 14.9 Å². The van der Waals surface area contributed by atoms with Gasteiger partial charge >= 0.3 is 0 Å². The molecule has 1 aromatic carbocycles. The number of nitrogens with zero attached hydrogens (tertiary/aromatic N) is 2. The first kappa shape index (κ1) is 14.5. The second-order valence-electron chi connectivity index (χ2n) is 5.26. The second kappa shape index (κ2) is 6.00. The predicted molar refractivity (Wildman–Crippen MR) is 75.1 cm³/mol. The average molecular weight is 277 g/mol. The molecule has 1 aromatic rings. The number of nitro groups is 1. The minimum Gasteiger partial charge on any atom is -0.341 e. The van der Waals surface area contributed by atoms with E-state index in [-0.39, 0.29) is 23.6 Å². The van der Waals surface area contributed by atoms with Gasteiger partial charge in [-0.25, -0.2) is 0 Å². The van der Waals surface area contributed by atoms with Crippen molar-refractivity contribution in [2.75, 3.05) is 13.6 Å². The summed E-state index contributed by atoms with van der Waals surface area (Å²) in [6, 6.07) is 6.60. The highest BCUT2D eigenvalue weighted by Crippen LogP contribution is 2.20. The monoisotopic (exact) mass is 277 g/mol. The smallest absolute Gasteiger partial charge is 0.269 e. The molecule has 1 aliphatic rings. The first-order chi connectivity index (χ1) is 9.49. The molecule has 6 nitrogen and oxygen atoms in total. The van der Waals surface area contributed by atoms with E-state index in [1.807, 2.05) is 6.92 Å². The molecule has 1 saturated heterocycles. The Morgan fingerprint density at radius 1 is 1.55 bits per heavy atom. The fourth-order valence-corrected chi connectivity index (χ4v) is 2.60. The van der Waals surface area contributed by atoms with Crippen molar-refractivity contribution in [3.05, 3.63) is 39.9 Å². The molecule has 6 heteroatoms. The summed E-state index contributed by atoms with van der Waals surface area (Å²) in [4.78, 5) is 24.3. The van der Waals surface area contributed by atoms with Gasteiger partial charge in [-0.15, -0.1) is 0 Å². The van der Waals surface area contributed by atoms with Gasteiger partial charge in [0.1, 0.15) is 0 Å². The van der Waals surface area contributed by atoms with Crippen LogP contribution in [0.5, 0.6) is 0 Å². The number of carbonyl (C=O) groups is 1. The van der Waals surface area contributed by atoms with E-state index in [2.05, 4.69) is 5.32 Å². The number of nitro benzene ring substituents is 1. The van der Waals surface area contributed by atoms with Crippen LogP contribution >= 0.6 is 0 Å². The number of hydrogen-bond acceptors (Lipinski definition) is 4. The van der Waals surface area contributed by atoms with Gasteiger partial charge in [0.2, 0.25) is 5.91 Å². The zero-order valence-electron chi connectivity index (χ0n) is 11.7. The lowest BCUT2D eigenvalue weighted by molar-refractivity contribution is -0.384. The van der Waals surface area contributed by atoms with E-state index in [4.69, 9.17) is 0 Å². The summed E-state index contributed by atoms with van der Waals surface area (Å²) in [7, 11) is 1.74. The number of amides is 1. The van der Waals surface area contributed by atoms with Gasteiger partial charge in [-0.2, -0.15) is 0 Å². The summed E-state index contributed by atoms with van der Waals surface area (Å²) in [5.74, 6) is 0.0905. The van der Waals surface area contributed by atoms with Crippen molar-refractivity contribution in [1.82, 2.24) is 10.2 Å². The van der Waals surface area contributed by atoms with Crippen molar-refractivity contribution in [3.63, 3.8) is 0 Å². The molecule has 0 saturated carbocycles. The maximum atomic E-state index is 12.3. The maximum Gasteiger partial charge on any atom is 0.269 e. The van der Waals surface area contributed by atoms with E-state index in [0.717, 1.165) is 18.5 Å². The number of nitrogens with one attached hydrogen (secondary N) is 1. The van der Waals surface area contributed by atoms with Crippen LogP contribution < -0.4 is 5.32 Å². The molecule has 1 N–H and O–H groups in total. The largest absolute Gasteiger partial charge is 0.341 e. The minimum absolute atomic E-state index is 0.00121. The first-order valence-corrected chi connectivity index (χ1v) is 6.70. The molecule has 1 fully saturated rings. The summed E-state index contributed by atoms with van der Waals surface area (Å²) in [6.07, 6.45) is 0.847. The molecule has 0 aromatic heterocycles. The predicted octanol–water partition coefficient (Wildman–Crippen LogP) is 1.55. The van der Waals surface area contributed by atoms with Crippen LogP contribution in [0.25, 0.3) is 0 Å². The van der Waals surface area contributed by atoms with Gasteiger partial charge in [-0.05, 0) is 25.5 Å². The lowest BCUT2D eigenvalue weighted by atomic mass is 10.0. The van der Waals surface area contributed by atoms with Crippen LogP contribution in [-0.2, 0) is 11.3 Å². The summed E-state index contributed by atoms with van der Waals surface area (Å²) >= 11 is 0. The van der Waals surface area contributed by atoms with E-state index in [0.29, 0.717) is 6.54 Å². The minimum atomic E-state index is -0.422. The van der Waals surface area contributed by atoms with Crippen LogP contribution in [0.1, 0.15) is 18.9 Å². The highest BCUT2D eigenvalue weighted by Gasteiger charge is 2.31. The van der Waals surface area contributed by atoms with E-state index in [9.17, 15) is 14.9 Å². The SMILES string of the molecule is CC1NCCC1C(=O)N(C)Cc1cccc([N+](=O)[O-])c1. The number of hydrogen-bond donors (Lipinski definition) is 1. The Bertz CT molecular complexity index is 518. The van der Waals surface area contributed by atoms with Gasteiger partial charge in [-0.1, -0.05) is 12.1 Å². The number of rotatable bonds is 4. The molecule has 0 radical (unpaired) electrons. The van der Waals surface area contributed by atoms with Crippen molar-refractivity contribution >= 4 is 11.6 Å². The zero-order valence-corrected chi connectivity index (χ0v) is 11.7. The Balaban J connectivity index is 2.03. The maximum absolute atomic E-state index is 12.3. The van der Waals surface area contributed by atoms with Crippen molar-refractivity contribution in [1.29, 1.82) is 0 Å². The number of non-ortho nitro benzene ring substituents is 1. The third-order valence-electron chi connectivity index (χ3n) is 3.76. The molecule has 1 amide bonds. The number of benzene rings is 1. The van der Waals surface area contributed by atoms with Crippen LogP contribution in [0.15, 0.2) is 24.3 Å². The summed E-state index contributed by atoms with van der Waals surface area (Å²) in [6.45, 7) is 3.27. The molecular formula is C14H19N3O3. The average Bonchev–Trinajstić information content (AvgIpc) is 2.84. The standard InChI is InChI=1S/C14H19N3O3/c1-10-13(6-7-15-10)14(18)16(2)9-11-4-3-5-12(8-11)17(19)20/h3-5,8,10,13,15H,6-7,9H2,1-2H3. The topological polar surface area (TPSA) is 75.5 Å². The quantitative estimate of drug-likeness (QED) is 0.669. The fraction of sp³-hybridized carbons (Fsp3) is 0.500. The van der Waals surface area contributed by atoms with E-state index < -0.39 is 4.92 Å². The van der Waals surface area contributed by atoms with Crippen molar-refractivity contribution in [3.8, 4) is 0 Å². The summed E-state index contributed by atoms with van der Waals surface area (Å²) in [5.41, 5.74) is 0.827. The molecule has 20 heavy (non-hydrogen) atoms. The van der Waals surface area contributed by atoms with Crippen LogP contribution in [0.3, 0.4) is 0 Å². The van der Waals surface area contributed by atoms with E-state index in [1.54, 1.807) is 24.1 Å². The lowest BCUT2D eigenvalue weighted by Crippen LogP contribution is -2.37. The molecule has 0 aliphatic carbocycles. The van der Waals surface area contributed by atoms with Crippen molar-refractivity contribution < 1.29 is 9.72 Å². The van der Waals surface area contributed by atoms with Crippen LogP contribution in [0.4, 0.5) is 5.69 Å². The Kier molecular flexibility index (Phi) is 4.34. The molecule has 2 unspecified atom stereocenters. The van der Waals surface area contributed by atoms with Gasteiger partial charge in [0.05, 0.1) is 10.8 Å². The summed E-state index contributed by atoms with van der Waals surface area (Å²) in [5, 5.41) is 14.0. The Morgan fingerprint density at radius 2 is 2.30 bits per heavy atom. The first-order valence-electron chi connectivity index (χ1n) is 6.70. The summed E-state index contributed by atoms with van der Waals surface area (Å²) < 4.78 is 0. The normalized spacial score (nSPS) is 21.7. The highest BCUT2D eigenvalue weighted by molar-refractivity contribution is 5.79. The Hall–Kier alpha value is -1.95. The fourth-order valence-electron chi connectivity index (χ4n) is 2.60.